The first-order valence-electron chi connectivity index (χ1n) is 9.30. The first-order chi connectivity index (χ1) is 11.7. The number of rotatable bonds is 4. The van der Waals surface area contributed by atoms with Crippen LogP contribution in [0.5, 0.6) is 5.75 Å². The number of methoxy groups -OCH3 is 1. The molecule has 0 N–H and O–H groups in total. The molecule has 0 saturated carbocycles. The molecule has 0 aliphatic carbocycles. The lowest BCUT2D eigenvalue weighted by molar-refractivity contribution is -0.131. The van der Waals surface area contributed by atoms with Crippen molar-refractivity contribution in [3.63, 3.8) is 0 Å². The lowest BCUT2D eigenvalue weighted by Crippen LogP contribution is -2.41. The van der Waals surface area contributed by atoms with Crippen molar-refractivity contribution in [1.82, 2.24) is 9.80 Å². The predicted octanol–water partition coefficient (Wildman–Crippen LogP) is 3.31. The molecule has 3 rings (SSSR count). The van der Waals surface area contributed by atoms with E-state index in [4.69, 9.17) is 4.74 Å². The van der Waals surface area contributed by atoms with Gasteiger partial charge in [0.1, 0.15) is 5.75 Å². The van der Waals surface area contributed by atoms with E-state index in [1.54, 1.807) is 7.11 Å². The standard InChI is InChI=1S/C20H30N2O2/c1-16-9-12-21(13-10-16)18-5-8-20(23)22(14-11-18)15-17-3-6-19(24-2)7-4-17/h3-4,6-7,16,18H,5,8-15H2,1-2H3. The van der Waals surface area contributed by atoms with Crippen molar-refractivity contribution in [1.29, 1.82) is 0 Å². The highest BCUT2D eigenvalue weighted by Crippen LogP contribution is 2.25. The van der Waals surface area contributed by atoms with Crippen molar-refractivity contribution in [3.8, 4) is 5.75 Å². The van der Waals surface area contributed by atoms with Gasteiger partial charge in [-0.2, -0.15) is 0 Å². The molecule has 0 bridgehead atoms. The highest BCUT2D eigenvalue weighted by atomic mass is 16.5. The average Bonchev–Trinajstić information content (AvgIpc) is 2.79. The number of likely N-dealkylation sites (tertiary alicyclic amines) is 2. The van der Waals surface area contributed by atoms with E-state index in [2.05, 4.69) is 24.0 Å². The molecule has 1 atom stereocenters. The summed E-state index contributed by atoms with van der Waals surface area (Å²) in [6.07, 6.45) is 5.43. The van der Waals surface area contributed by atoms with Crippen LogP contribution >= 0.6 is 0 Å². The van der Waals surface area contributed by atoms with Crippen molar-refractivity contribution in [2.75, 3.05) is 26.7 Å². The van der Waals surface area contributed by atoms with Crippen LogP contribution in [0.1, 0.15) is 44.6 Å². The minimum absolute atomic E-state index is 0.304. The summed E-state index contributed by atoms with van der Waals surface area (Å²) in [5.41, 5.74) is 1.18. The number of benzene rings is 1. The van der Waals surface area contributed by atoms with Gasteiger partial charge in [-0.1, -0.05) is 19.1 Å². The fraction of sp³-hybridized carbons (Fsp3) is 0.650. The maximum absolute atomic E-state index is 12.5. The van der Waals surface area contributed by atoms with E-state index in [1.807, 2.05) is 17.0 Å². The molecule has 2 saturated heterocycles. The first-order valence-corrected chi connectivity index (χ1v) is 9.30. The van der Waals surface area contributed by atoms with Gasteiger partial charge in [-0.05, 0) is 62.4 Å². The number of carbonyl (C=O) groups excluding carboxylic acids is 1. The number of carbonyl (C=O) groups is 1. The third kappa shape index (κ3) is 4.29. The highest BCUT2D eigenvalue weighted by molar-refractivity contribution is 5.76. The summed E-state index contributed by atoms with van der Waals surface area (Å²) >= 11 is 0. The topological polar surface area (TPSA) is 32.8 Å². The van der Waals surface area contributed by atoms with Crippen LogP contribution in [0.25, 0.3) is 0 Å². The van der Waals surface area contributed by atoms with Gasteiger partial charge in [0.25, 0.3) is 0 Å². The molecule has 0 aromatic heterocycles. The Morgan fingerprint density at radius 1 is 1.04 bits per heavy atom. The van der Waals surface area contributed by atoms with Gasteiger partial charge in [0.2, 0.25) is 5.91 Å². The molecule has 1 unspecified atom stereocenters. The number of hydrogen-bond donors (Lipinski definition) is 0. The minimum atomic E-state index is 0.304. The van der Waals surface area contributed by atoms with Gasteiger partial charge in [0.05, 0.1) is 7.11 Å². The van der Waals surface area contributed by atoms with Gasteiger partial charge in [-0.25, -0.2) is 0 Å². The third-order valence-corrected chi connectivity index (χ3v) is 5.64. The van der Waals surface area contributed by atoms with Crippen LogP contribution < -0.4 is 4.74 Å². The van der Waals surface area contributed by atoms with Crippen LogP contribution in [0, 0.1) is 5.92 Å². The van der Waals surface area contributed by atoms with Crippen molar-refractivity contribution in [3.05, 3.63) is 29.8 Å². The normalized spacial score (nSPS) is 24.0. The fourth-order valence-electron chi connectivity index (χ4n) is 3.90. The van der Waals surface area contributed by atoms with Gasteiger partial charge in [-0.15, -0.1) is 0 Å². The number of ether oxygens (including phenoxy) is 1. The summed E-state index contributed by atoms with van der Waals surface area (Å²) in [5, 5.41) is 0. The van der Waals surface area contributed by atoms with E-state index >= 15 is 0 Å². The molecule has 2 heterocycles. The zero-order chi connectivity index (χ0) is 16.9. The largest absolute Gasteiger partial charge is 0.497 e. The molecule has 1 aromatic rings. The van der Waals surface area contributed by atoms with E-state index in [-0.39, 0.29) is 0 Å². The Hall–Kier alpha value is -1.55. The quantitative estimate of drug-likeness (QED) is 0.849. The van der Waals surface area contributed by atoms with Gasteiger partial charge in [-0.3, -0.25) is 4.79 Å². The predicted molar refractivity (Wildman–Crippen MR) is 96.0 cm³/mol. The monoisotopic (exact) mass is 330 g/mol. The molecule has 132 valence electrons. The average molecular weight is 330 g/mol. The van der Waals surface area contributed by atoms with E-state index in [9.17, 15) is 4.79 Å². The van der Waals surface area contributed by atoms with Crippen LogP contribution in [0.15, 0.2) is 24.3 Å². The van der Waals surface area contributed by atoms with E-state index in [0.29, 0.717) is 24.9 Å². The Morgan fingerprint density at radius 3 is 2.42 bits per heavy atom. The Balaban J connectivity index is 1.56. The lowest BCUT2D eigenvalue weighted by Gasteiger charge is -2.36. The number of piperidine rings is 1. The molecule has 24 heavy (non-hydrogen) atoms. The van der Waals surface area contributed by atoms with E-state index in [1.165, 1.54) is 31.5 Å². The van der Waals surface area contributed by atoms with Gasteiger partial charge < -0.3 is 14.5 Å². The van der Waals surface area contributed by atoms with Crippen LogP contribution in [0.3, 0.4) is 0 Å². The summed E-state index contributed by atoms with van der Waals surface area (Å²) in [7, 11) is 1.68. The molecule has 2 fully saturated rings. The fourth-order valence-corrected chi connectivity index (χ4v) is 3.90. The summed E-state index contributed by atoms with van der Waals surface area (Å²) in [6.45, 7) is 6.36. The van der Waals surface area contributed by atoms with Crippen molar-refractivity contribution >= 4 is 5.91 Å². The van der Waals surface area contributed by atoms with Gasteiger partial charge >= 0.3 is 0 Å². The third-order valence-electron chi connectivity index (χ3n) is 5.64. The second-order valence-corrected chi connectivity index (χ2v) is 7.36. The summed E-state index contributed by atoms with van der Waals surface area (Å²) in [4.78, 5) is 17.2. The second-order valence-electron chi connectivity index (χ2n) is 7.36. The highest BCUT2D eigenvalue weighted by Gasteiger charge is 2.28. The van der Waals surface area contributed by atoms with Crippen LogP contribution in [-0.2, 0) is 11.3 Å². The van der Waals surface area contributed by atoms with Crippen molar-refractivity contribution in [2.45, 2.75) is 51.6 Å². The van der Waals surface area contributed by atoms with E-state index in [0.717, 1.165) is 31.1 Å². The zero-order valence-corrected chi connectivity index (χ0v) is 15.0. The molecular formula is C20H30N2O2. The molecule has 1 aromatic carbocycles. The number of hydrogen-bond acceptors (Lipinski definition) is 3. The van der Waals surface area contributed by atoms with Crippen LogP contribution in [-0.4, -0.2) is 48.5 Å². The lowest BCUT2D eigenvalue weighted by atomic mass is 9.96. The smallest absolute Gasteiger partial charge is 0.222 e. The molecular weight excluding hydrogens is 300 g/mol. The van der Waals surface area contributed by atoms with Gasteiger partial charge in [0, 0.05) is 25.6 Å². The summed E-state index contributed by atoms with van der Waals surface area (Å²) in [6, 6.07) is 8.63. The van der Waals surface area contributed by atoms with Crippen LogP contribution in [0.2, 0.25) is 0 Å². The SMILES string of the molecule is COc1ccc(CN2CCC(N3CCC(C)CC3)CCC2=O)cc1. The second kappa shape index (κ2) is 8.02. The van der Waals surface area contributed by atoms with Crippen molar-refractivity contribution < 1.29 is 9.53 Å². The Kier molecular flexibility index (Phi) is 5.77. The zero-order valence-electron chi connectivity index (χ0n) is 15.0. The Labute approximate surface area is 145 Å². The molecule has 4 heteroatoms. The van der Waals surface area contributed by atoms with Crippen molar-refractivity contribution in [2.24, 2.45) is 5.92 Å². The number of nitrogens with zero attached hydrogens (tertiary/aromatic N) is 2. The molecule has 2 aliphatic rings. The van der Waals surface area contributed by atoms with Gasteiger partial charge in [0.15, 0.2) is 0 Å². The molecule has 2 aliphatic heterocycles. The summed E-state index contributed by atoms with van der Waals surface area (Å²) in [5.74, 6) is 2.03. The maximum atomic E-state index is 12.5. The Morgan fingerprint density at radius 2 is 1.75 bits per heavy atom. The molecule has 1 amide bonds. The summed E-state index contributed by atoms with van der Waals surface area (Å²) < 4.78 is 5.20. The minimum Gasteiger partial charge on any atom is -0.497 e. The number of amides is 1. The molecule has 0 spiro atoms. The molecule has 4 nitrogen and oxygen atoms in total. The van der Waals surface area contributed by atoms with Crippen LogP contribution in [0.4, 0.5) is 0 Å². The first kappa shape index (κ1) is 17.3. The molecule has 0 radical (unpaired) electrons. The van der Waals surface area contributed by atoms with E-state index < -0.39 is 0 Å². The Bertz CT molecular complexity index is 535. The maximum Gasteiger partial charge on any atom is 0.222 e.